The molecule has 1 aliphatic rings. The molecular formula is C25H26Br2. The normalized spacial score (nSPS) is 14.1. The summed E-state index contributed by atoms with van der Waals surface area (Å²) in [5, 5.41) is 0. The first-order valence-electron chi connectivity index (χ1n) is 9.61. The van der Waals surface area contributed by atoms with E-state index >= 15 is 0 Å². The zero-order valence-electron chi connectivity index (χ0n) is 15.7. The minimum Gasteiger partial charge on any atom is -0.103 e. The van der Waals surface area contributed by atoms with Gasteiger partial charge >= 0.3 is 0 Å². The molecular weight excluding hydrogens is 460 g/mol. The highest BCUT2D eigenvalue weighted by molar-refractivity contribution is 9.10. The molecule has 1 aliphatic carbocycles. The monoisotopic (exact) mass is 484 g/mol. The summed E-state index contributed by atoms with van der Waals surface area (Å²) in [5.74, 6) is 0. The molecule has 0 amide bonds. The summed E-state index contributed by atoms with van der Waals surface area (Å²) < 4.78 is 2.32. The summed E-state index contributed by atoms with van der Waals surface area (Å²) in [6.45, 7) is 7.70. The third-order valence-electron chi connectivity index (χ3n) is 5.54. The number of unbranched alkanes of at least 4 members (excludes halogenated alkanes) is 2. The lowest BCUT2D eigenvalue weighted by Crippen LogP contribution is -2.25. The van der Waals surface area contributed by atoms with Crippen LogP contribution in [0.3, 0.4) is 0 Å². The largest absolute Gasteiger partial charge is 0.103 e. The predicted molar refractivity (Wildman–Crippen MR) is 125 cm³/mol. The molecule has 0 saturated carbocycles. The van der Waals surface area contributed by atoms with E-state index in [1.165, 1.54) is 22.3 Å². The van der Waals surface area contributed by atoms with Crippen LogP contribution in [-0.4, -0.2) is 0 Å². The second-order valence-electron chi connectivity index (χ2n) is 7.20. The summed E-state index contributed by atoms with van der Waals surface area (Å²) in [7, 11) is 0. The Morgan fingerprint density at radius 3 is 1.89 bits per heavy atom. The van der Waals surface area contributed by atoms with Crippen LogP contribution >= 0.6 is 31.9 Å². The highest BCUT2D eigenvalue weighted by atomic mass is 79.9. The van der Waals surface area contributed by atoms with Crippen LogP contribution < -0.4 is 0 Å². The SMILES string of the molecule is C=C/C=C/CCCC1(CCCC=C)c2cc(Br)ccc2-c2ccc(Br)cc21. The molecule has 2 heteroatoms. The van der Waals surface area contributed by atoms with Crippen molar-refractivity contribution in [3.63, 3.8) is 0 Å². The van der Waals surface area contributed by atoms with E-state index in [2.05, 4.69) is 87.5 Å². The topological polar surface area (TPSA) is 0 Å². The van der Waals surface area contributed by atoms with Gasteiger partial charge in [0.1, 0.15) is 0 Å². The summed E-state index contributed by atoms with van der Waals surface area (Å²) in [5.41, 5.74) is 5.80. The molecule has 0 saturated heterocycles. The molecule has 3 rings (SSSR count). The molecule has 2 aromatic carbocycles. The minimum absolute atomic E-state index is 0.0727. The van der Waals surface area contributed by atoms with Crippen molar-refractivity contribution in [2.75, 3.05) is 0 Å². The summed E-state index contributed by atoms with van der Waals surface area (Å²) in [6.07, 6.45) is 14.9. The number of benzene rings is 2. The smallest absolute Gasteiger partial charge is 0.0216 e. The first kappa shape index (κ1) is 20.4. The maximum Gasteiger partial charge on any atom is 0.0216 e. The molecule has 2 aromatic rings. The number of hydrogen-bond acceptors (Lipinski definition) is 0. The van der Waals surface area contributed by atoms with Gasteiger partial charge in [0.2, 0.25) is 0 Å². The maximum absolute atomic E-state index is 3.93. The van der Waals surface area contributed by atoms with Crippen molar-refractivity contribution < 1.29 is 0 Å². The summed E-state index contributed by atoms with van der Waals surface area (Å²) in [4.78, 5) is 0. The van der Waals surface area contributed by atoms with Crippen molar-refractivity contribution in [1.82, 2.24) is 0 Å². The first-order valence-corrected chi connectivity index (χ1v) is 11.2. The summed E-state index contributed by atoms with van der Waals surface area (Å²) in [6, 6.07) is 13.6. The van der Waals surface area contributed by atoms with Crippen LogP contribution in [0.4, 0.5) is 0 Å². The summed E-state index contributed by atoms with van der Waals surface area (Å²) >= 11 is 7.42. The number of allylic oxidation sites excluding steroid dienone is 4. The fourth-order valence-electron chi connectivity index (χ4n) is 4.37. The van der Waals surface area contributed by atoms with Gasteiger partial charge in [0.25, 0.3) is 0 Å². The van der Waals surface area contributed by atoms with Crippen molar-refractivity contribution in [1.29, 1.82) is 0 Å². The molecule has 0 atom stereocenters. The number of halogens is 2. The Morgan fingerprint density at radius 1 is 0.815 bits per heavy atom. The second-order valence-corrected chi connectivity index (χ2v) is 9.03. The van der Waals surface area contributed by atoms with Crippen LogP contribution in [0.25, 0.3) is 11.1 Å². The van der Waals surface area contributed by atoms with Gasteiger partial charge in [-0.1, -0.05) is 74.9 Å². The first-order chi connectivity index (χ1) is 13.1. The fourth-order valence-corrected chi connectivity index (χ4v) is 5.09. The van der Waals surface area contributed by atoms with E-state index in [-0.39, 0.29) is 5.41 Å². The lowest BCUT2D eigenvalue weighted by atomic mass is 9.71. The van der Waals surface area contributed by atoms with E-state index in [1.807, 2.05) is 18.2 Å². The van der Waals surface area contributed by atoms with E-state index < -0.39 is 0 Å². The molecule has 0 N–H and O–H groups in total. The maximum atomic E-state index is 3.93. The van der Waals surface area contributed by atoms with Crippen LogP contribution in [0.5, 0.6) is 0 Å². The van der Waals surface area contributed by atoms with Crippen LogP contribution in [0.1, 0.15) is 49.7 Å². The second kappa shape index (κ2) is 9.21. The van der Waals surface area contributed by atoms with E-state index in [4.69, 9.17) is 0 Å². The van der Waals surface area contributed by atoms with Gasteiger partial charge in [-0.3, -0.25) is 0 Å². The Labute approximate surface area is 180 Å². The van der Waals surface area contributed by atoms with Crippen molar-refractivity contribution in [3.05, 3.63) is 93.9 Å². The third-order valence-corrected chi connectivity index (χ3v) is 6.53. The van der Waals surface area contributed by atoms with Crippen molar-refractivity contribution in [3.8, 4) is 11.1 Å². The lowest BCUT2D eigenvalue weighted by Gasteiger charge is -2.33. The van der Waals surface area contributed by atoms with Gasteiger partial charge in [-0.25, -0.2) is 0 Å². The van der Waals surface area contributed by atoms with Crippen LogP contribution in [0.2, 0.25) is 0 Å². The Hall–Kier alpha value is -1.38. The predicted octanol–water partition coefficient (Wildman–Crippen LogP) is 8.75. The van der Waals surface area contributed by atoms with Gasteiger partial charge in [-0.15, -0.1) is 6.58 Å². The lowest BCUT2D eigenvalue weighted by molar-refractivity contribution is 0.422. The molecule has 0 unspecified atom stereocenters. The van der Waals surface area contributed by atoms with Crippen LogP contribution in [-0.2, 0) is 5.41 Å². The van der Waals surface area contributed by atoms with Crippen molar-refractivity contribution >= 4 is 31.9 Å². The third kappa shape index (κ3) is 4.22. The Morgan fingerprint density at radius 2 is 1.37 bits per heavy atom. The zero-order chi connectivity index (χ0) is 19.3. The van der Waals surface area contributed by atoms with Crippen LogP contribution in [0, 0.1) is 0 Å². The Bertz CT molecular complexity index is 809. The van der Waals surface area contributed by atoms with Gasteiger partial charge in [-0.2, -0.15) is 0 Å². The zero-order valence-corrected chi connectivity index (χ0v) is 18.9. The van der Waals surface area contributed by atoms with E-state index in [9.17, 15) is 0 Å². The van der Waals surface area contributed by atoms with Gasteiger partial charge in [-0.05, 0) is 85.0 Å². The molecule has 0 radical (unpaired) electrons. The van der Waals surface area contributed by atoms with E-state index in [0.717, 1.165) is 47.5 Å². The average Bonchev–Trinajstić information content (AvgIpc) is 2.91. The van der Waals surface area contributed by atoms with Crippen molar-refractivity contribution in [2.45, 2.75) is 43.9 Å². The molecule has 0 spiro atoms. The van der Waals surface area contributed by atoms with E-state index in [1.54, 1.807) is 0 Å². The quantitative estimate of drug-likeness (QED) is 0.189. The average molecular weight is 486 g/mol. The molecule has 0 heterocycles. The molecule has 0 aliphatic heterocycles. The number of hydrogen-bond donors (Lipinski definition) is 0. The molecule has 27 heavy (non-hydrogen) atoms. The van der Waals surface area contributed by atoms with Gasteiger partial charge in [0.05, 0.1) is 0 Å². The van der Waals surface area contributed by atoms with Gasteiger partial charge in [0.15, 0.2) is 0 Å². The highest BCUT2D eigenvalue weighted by Crippen LogP contribution is 2.55. The number of rotatable bonds is 9. The molecule has 140 valence electrons. The van der Waals surface area contributed by atoms with Crippen LogP contribution in [0.15, 0.2) is 82.8 Å². The molecule has 0 aromatic heterocycles. The van der Waals surface area contributed by atoms with Gasteiger partial charge in [0, 0.05) is 14.4 Å². The Balaban J connectivity index is 2.07. The standard InChI is InChI=1S/C25H26Br2/c1-3-5-7-8-10-16-25(15-9-6-4-2)23-17-19(26)11-13-21(23)22-14-12-20(27)18-24(22)25/h3-5,7,11-14,17-18H,1-2,6,8-10,15-16H2/b7-5+. The highest BCUT2D eigenvalue weighted by Gasteiger charge is 2.42. The van der Waals surface area contributed by atoms with E-state index in [0.29, 0.717) is 0 Å². The molecule has 0 nitrogen and oxygen atoms in total. The number of fused-ring (bicyclic) bond motifs is 3. The molecule has 0 fully saturated rings. The molecule has 0 bridgehead atoms. The fraction of sp³-hybridized carbons (Fsp3) is 0.280. The Kier molecular flexibility index (Phi) is 6.94. The minimum atomic E-state index is 0.0727. The van der Waals surface area contributed by atoms with Gasteiger partial charge < -0.3 is 0 Å². The van der Waals surface area contributed by atoms with Crippen molar-refractivity contribution in [2.24, 2.45) is 0 Å².